The lowest BCUT2D eigenvalue weighted by Gasteiger charge is -2.18. The maximum Gasteiger partial charge on any atom is 0.446 e. The third-order valence-electron chi connectivity index (χ3n) is 3.81. The first kappa shape index (κ1) is 22.3. The van der Waals surface area contributed by atoms with E-state index in [1.165, 1.54) is 52.8 Å². The van der Waals surface area contributed by atoms with Crippen LogP contribution in [0.15, 0.2) is 58.3 Å². The summed E-state index contributed by atoms with van der Waals surface area (Å²) in [6, 6.07) is 10.9. The molecule has 2 rings (SSSR count). The maximum atomic E-state index is 12.7. The number of alkyl halides is 3. The van der Waals surface area contributed by atoms with Crippen LogP contribution < -0.4 is 5.32 Å². The number of carbonyl (C=O) groups excluding carboxylic acids is 1. The van der Waals surface area contributed by atoms with Gasteiger partial charge in [0.1, 0.15) is 0 Å². The zero-order valence-corrected chi connectivity index (χ0v) is 16.8. The number of carbonyl (C=O) groups is 1. The van der Waals surface area contributed by atoms with E-state index in [2.05, 4.69) is 5.32 Å². The fraction of sp³-hybridized carbons (Fsp3) is 0.278. The molecule has 0 aliphatic heterocycles. The second-order valence-electron chi connectivity index (χ2n) is 5.61. The molecule has 0 saturated carbocycles. The van der Waals surface area contributed by atoms with Crippen molar-refractivity contribution in [1.82, 2.24) is 4.31 Å². The molecule has 1 amide bonds. The van der Waals surface area contributed by atoms with Gasteiger partial charge in [0.25, 0.3) is 5.91 Å². The number of thioether (sulfide) groups is 1. The number of anilines is 1. The summed E-state index contributed by atoms with van der Waals surface area (Å²) in [6.45, 7) is 4.11. The minimum Gasteiger partial charge on any atom is -0.322 e. The molecular weight excluding hydrogens is 413 g/mol. The molecule has 5 nitrogen and oxygen atoms in total. The monoisotopic (exact) mass is 432 g/mol. The number of rotatable bonds is 7. The molecule has 152 valence electrons. The summed E-state index contributed by atoms with van der Waals surface area (Å²) in [5, 5.41) is 2.49. The molecule has 0 saturated heterocycles. The summed E-state index contributed by atoms with van der Waals surface area (Å²) >= 11 is -0.365. The number of sulfonamides is 1. The Morgan fingerprint density at radius 1 is 1.04 bits per heavy atom. The Labute approximate surface area is 166 Å². The molecule has 0 atom stereocenters. The Morgan fingerprint density at radius 3 is 2.14 bits per heavy atom. The molecule has 0 aliphatic rings. The smallest absolute Gasteiger partial charge is 0.322 e. The lowest BCUT2D eigenvalue weighted by molar-refractivity contribution is -0.0328. The Morgan fingerprint density at radius 2 is 1.61 bits per heavy atom. The fourth-order valence-corrected chi connectivity index (χ4v) is 4.61. The molecule has 2 aromatic rings. The molecule has 28 heavy (non-hydrogen) atoms. The molecular formula is C18H19F3N2O3S2. The molecule has 0 spiro atoms. The second kappa shape index (κ2) is 8.97. The van der Waals surface area contributed by atoms with Crippen LogP contribution in [0.4, 0.5) is 18.9 Å². The quantitative estimate of drug-likeness (QED) is 0.651. The topological polar surface area (TPSA) is 66.5 Å². The molecule has 0 unspecified atom stereocenters. The van der Waals surface area contributed by atoms with Gasteiger partial charge in [-0.15, -0.1) is 0 Å². The van der Waals surface area contributed by atoms with E-state index in [1.807, 2.05) is 0 Å². The van der Waals surface area contributed by atoms with Gasteiger partial charge < -0.3 is 5.32 Å². The summed E-state index contributed by atoms with van der Waals surface area (Å²) in [4.78, 5) is 12.2. The number of halogens is 3. The third-order valence-corrected chi connectivity index (χ3v) is 6.68. The van der Waals surface area contributed by atoms with E-state index in [0.717, 1.165) is 0 Å². The van der Waals surface area contributed by atoms with Crippen LogP contribution in [-0.2, 0) is 10.0 Å². The number of hydrogen-bond donors (Lipinski definition) is 1. The largest absolute Gasteiger partial charge is 0.446 e. The fourth-order valence-electron chi connectivity index (χ4n) is 2.49. The van der Waals surface area contributed by atoms with Gasteiger partial charge in [-0.25, -0.2) is 8.42 Å². The van der Waals surface area contributed by atoms with E-state index in [4.69, 9.17) is 0 Å². The number of nitrogens with zero attached hydrogens (tertiary/aromatic N) is 1. The van der Waals surface area contributed by atoms with Crippen LogP contribution in [0.1, 0.15) is 24.2 Å². The Bertz CT molecular complexity index is 926. The first-order chi connectivity index (χ1) is 13.1. The summed E-state index contributed by atoms with van der Waals surface area (Å²) in [5.41, 5.74) is -4.36. The van der Waals surface area contributed by atoms with E-state index >= 15 is 0 Å². The van der Waals surface area contributed by atoms with Crippen molar-refractivity contribution in [2.45, 2.75) is 29.1 Å². The summed E-state index contributed by atoms with van der Waals surface area (Å²) in [5.74, 6) is -0.716. The average molecular weight is 432 g/mol. The van der Waals surface area contributed by atoms with Crippen LogP contribution >= 0.6 is 11.8 Å². The summed E-state index contributed by atoms with van der Waals surface area (Å²) in [6.07, 6.45) is 0. The summed E-state index contributed by atoms with van der Waals surface area (Å²) < 4.78 is 64.2. The van der Waals surface area contributed by atoms with Gasteiger partial charge in [0.2, 0.25) is 10.0 Å². The van der Waals surface area contributed by atoms with Crippen molar-refractivity contribution in [2.24, 2.45) is 0 Å². The van der Waals surface area contributed by atoms with Gasteiger partial charge in [0.15, 0.2) is 0 Å². The lowest BCUT2D eigenvalue weighted by Crippen LogP contribution is -2.30. The highest BCUT2D eigenvalue weighted by Gasteiger charge is 2.31. The zero-order valence-electron chi connectivity index (χ0n) is 15.2. The Hall–Kier alpha value is -2.04. The first-order valence-electron chi connectivity index (χ1n) is 8.34. The maximum absolute atomic E-state index is 12.7. The SMILES string of the molecule is CCN(CC)S(=O)(=O)c1ccc(NC(=O)c2ccccc2SC(F)(F)F)cc1. The van der Waals surface area contributed by atoms with E-state index < -0.39 is 21.4 Å². The highest BCUT2D eigenvalue weighted by atomic mass is 32.2. The molecule has 1 N–H and O–H groups in total. The lowest BCUT2D eigenvalue weighted by atomic mass is 10.2. The van der Waals surface area contributed by atoms with Crippen LogP contribution in [-0.4, -0.2) is 37.2 Å². The molecule has 10 heteroatoms. The molecule has 0 radical (unpaired) electrons. The van der Waals surface area contributed by atoms with Gasteiger partial charge >= 0.3 is 5.51 Å². The highest BCUT2D eigenvalue weighted by molar-refractivity contribution is 8.00. The van der Waals surface area contributed by atoms with E-state index in [1.54, 1.807) is 13.8 Å². The van der Waals surface area contributed by atoms with Crippen molar-refractivity contribution in [3.05, 3.63) is 54.1 Å². The van der Waals surface area contributed by atoms with Crippen LogP contribution in [0.2, 0.25) is 0 Å². The van der Waals surface area contributed by atoms with Crippen LogP contribution in [0.25, 0.3) is 0 Å². The Kier molecular flexibility index (Phi) is 7.13. The summed E-state index contributed by atoms with van der Waals surface area (Å²) in [7, 11) is -3.63. The van der Waals surface area contributed by atoms with E-state index in [0.29, 0.717) is 13.1 Å². The normalized spacial score (nSPS) is 12.2. The van der Waals surface area contributed by atoms with Gasteiger partial charge in [0, 0.05) is 23.7 Å². The standard InChI is InChI=1S/C18H19F3N2O3S2/c1-3-23(4-2)28(25,26)14-11-9-13(10-12-14)22-17(24)15-7-5-6-8-16(15)27-18(19,20)21/h5-12H,3-4H2,1-2H3,(H,22,24). The van der Waals surface area contributed by atoms with Crippen molar-refractivity contribution >= 4 is 33.4 Å². The van der Waals surface area contributed by atoms with Crippen molar-refractivity contribution in [2.75, 3.05) is 18.4 Å². The van der Waals surface area contributed by atoms with Crippen LogP contribution in [0.3, 0.4) is 0 Å². The van der Waals surface area contributed by atoms with Gasteiger partial charge in [-0.3, -0.25) is 4.79 Å². The molecule has 0 aliphatic carbocycles. The van der Waals surface area contributed by atoms with Gasteiger partial charge in [0.05, 0.1) is 10.5 Å². The Balaban J connectivity index is 2.21. The molecule has 0 bridgehead atoms. The van der Waals surface area contributed by atoms with Gasteiger partial charge in [-0.2, -0.15) is 17.5 Å². The van der Waals surface area contributed by atoms with Gasteiger partial charge in [-0.1, -0.05) is 26.0 Å². The van der Waals surface area contributed by atoms with Gasteiger partial charge in [-0.05, 0) is 48.2 Å². The van der Waals surface area contributed by atoms with Crippen molar-refractivity contribution in [3.8, 4) is 0 Å². The second-order valence-corrected chi connectivity index (χ2v) is 8.66. The van der Waals surface area contributed by atoms with Crippen LogP contribution in [0.5, 0.6) is 0 Å². The third kappa shape index (κ3) is 5.49. The van der Waals surface area contributed by atoms with Crippen molar-refractivity contribution < 1.29 is 26.4 Å². The highest BCUT2D eigenvalue weighted by Crippen LogP contribution is 2.38. The van der Waals surface area contributed by atoms with Crippen molar-refractivity contribution in [1.29, 1.82) is 0 Å². The number of nitrogens with one attached hydrogen (secondary N) is 1. The minimum absolute atomic E-state index is 0.0715. The number of benzene rings is 2. The van der Waals surface area contributed by atoms with E-state index in [-0.39, 0.29) is 32.8 Å². The first-order valence-corrected chi connectivity index (χ1v) is 10.6. The zero-order chi connectivity index (χ0) is 20.9. The predicted molar refractivity (Wildman–Crippen MR) is 103 cm³/mol. The molecule has 2 aromatic carbocycles. The average Bonchev–Trinajstić information content (AvgIpc) is 2.62. The number of hydrogen-bond acceptors (Lipinski definition) is 4. The molecule has 0 aromatic heterocycles. The molecule has 0 heterocycles. The van der Waals surface area contributed by atoms with E-state index in [9.17, 15) is 26.4 Å². The minimum atomic E-state index is -4.52. The number of amides is 1. The van der Waals surface area contributed by atoms with Crippen molar-refractivity contribution in [3.63, 3.8) is 0 Å². The molecule has 0 fully saturated rings. The van der Waals surface area contributed by atoms with Crippen LogP contribution in [0, 0.1) is 0 Å². The predicted octanol–water partition coefficient (Wildman–Crippen LogP) is 4.58.